The van der Waals surface area contributed by atoms with Crippen molar-refractivity contribution in [2.75, 3.05) is 13.1 Å². The molecule has 1 aliphatic rings. The zero-order valence-electron chi connectivity index (χ0n) is 7.47. The quantitative estimate of drug-likeness (QED) is 0.598. The van der Waals surface area contributed by atoms with Crippen molar-refractivity contribution in [1.29, 1.82) is 0 Å². The van der Waals surface area contributed by atoms with Crippen LogP contribution >= 0.6 is 0 Å². The average Bonchev–Trinajstić information content (AvgIpc) is 2.37. The van der Waals surface area contributed by atoms with E-state index in [1.165, 1.54) is 25.7 Å². The first-order valence-corrected chi connectivity index (χ1v) is 4.81. The molecule has 0 aromatic rings. The Bertz CT molecular complexity index is 104. The Hall–Kier alpha value is -0.0800. The molecule has 1 saturated heterocycles. The van der Waals surface area contributed by atoms with Gasteiger partial charge < -0.3 is 11.1 Å². The van der Waals surface area contributed by atoms with Crippen LogP contribution in [0.5, 0.6) is 0 Å². The summed E-state index contributed by atoms with van der Waals surface area (Å²) in [6.07, 6.45) is 5.36. The molecule has 0 spiro atoms. The molecule has 0 aromatic carbocycles. The summed E-state index contributed by atoms with van der Waals surface area (Å²) in [4.78, 5) is 0. The zero-order valence-corrected chi connectivity index (χ0v) is 7.47. The number of hydrogen-bond donors (Lipinski definition) is 2. The summed E-state index contributed by atoms with van der Waals surface area (Å²) in [6.45, 7) is 4.41. The monoisotopic (exact) mass is 156 g/mol. The van der Waals surface area contributed by atoms with Crippen LogP contribution in [0.1, 0.15) is 32.6 Å². The van der Waals surface area contributed by atoms with Crippen molar-refractivity contribution in [2.45, 2.75) is 38.6 Å². The number of nitrogens with one attached hydrogen (secondary N) is 1. The number of rotatable bonds is 4. The van der Waals surface area contributed by atoms with Crippen molar-refractivity contribution in [1.82, 2.24) is 5.32 Å². The third-order valence-electron chi connectivity index (χ3n) is 2.57. The maximum Gasteiger partial charge on any atom is 0.0206 e. The summed E-state index contributed by atoms with van der Waals surface area (Å²) in [7, 11) is 0. The van der Waals surface area contributed by atoms with Crippen molar-refractivity contribution < 1.29 is 0 Å². The molecular weight excluding hydrogens is 136 g/mol. The molecule has 2 nitrogen and oxygen atoms in total. The highest BCUT2D eigenvalue weighted by Crippen LogP contribution is 2.15. The highest BCUT2D eigenvalue weighted by Gasteiger charge is 2.22. The van der Waals surface area contributed by atoms with Crippen LogP contribution in [0.2, 0.25) is 0 Å². The van der Waals surface area contributed by atoms with Crippen LogP contribution in [-0.4, -0.2) is 19.1 Å². The van der Waals surface area contributed by atoms with E-state index in [9.17, 15) is 0 Å². The Morgan fingerprint density at radius 2 is 2.18 bits per heavy atom. The molecule has 0 amide bonds. The molecule has 3 N–H and O–H groups in total. The highest BCUT2D eigenvalue weighted by atomic mass is 15.0. The van der Waals surface area contributed by atoms with Gasteiger partial charge in [-0.3, -0.25) is 0 Å². The van der Waals surface area contributed by atoms with Crippen LogP contribution in [0.15, 0.2) is 0 Å². The van der Waals surface area contributed by atoms with Crippen LogP contribution in [0, 0.1) is 5.92 Å². The van der Waals surface area contributed by atoms with Gasteiger partial charge >= 0.3 is 0 Å². The summed E-state index contributed by atoms with van der Waals surface area (Å²) < 4.78 is 0. The summed E-state index contributed by atoms with van der Waals surface area (Å²) >= 11 is 0. The van der Waals surface area contributed by atoms with Crippen molar-refractivity contribution >= 4 is 0 Å². The molecule has 2 heteroatoms. The first-order chi connectivity index (χ1) is 5.34. The largest absolute Gasteiger partial charge is 0.326 e. The van der Waals surface area contributed by atoms with Gasteiger partial charge in [0.2, 0.25) is 0 Å². The Labute approximate surface area is 69.5 Å². The van der Waals surface area contributed by atoms with Crippen molar-refractivity contribution in [2.24, 2.45) is 11.7 Å². The molecule has 1 fully saturated rings. The van der Waals surface area contributed by atoms with Gasteiger partial charge in [0, 0.05) is 12.6 Å². The lowest BCUT2D eigenvalue weighted by atomic mass is 9.97. The van der Waals surface area contributed by atoms with E-state index >= 15 is 0 Å². The minimum Gasteiger partial charge on any atom is -0.326 e. The van der Waals surface area contributed by atoms with E-state index in [0.717, 1.165) is 19.0 Å². The summed E-state index contributed by atoms with van der Waals surface area (Å²) in [5, 5.41) is 3.32. The van der Waals surface area contributed by atoms with Gasteiger partial charge in [-0.1, -0.05) is 26.2 Å². The molecule has 2 unspecified atom stereocenters. The Balaban J connectivity index is 2.05. The van der Waals surface area contributed by atoms with E-state index in [1.807, 2.05) is 0 Å². The van der Waals surface area contributed by atoms with Crippen LogP contribution in [0.4, 0.5) is 0 Å². The molecule has 0 aromatic heterocycles. The molecule has 11 heavy (non-hydrogen) atoms. The van der Waals surface area contributed by atoms with Gasteiger partial charge in [0.1, 0.15) is 0 Å². The maximum absolute atomic E-state index is 5.90. The fourth-order valence-corrected chi connectivity index (χ4v) is 1.73. The van der Waals surface area contributed by atoms with E-state index < -0.39 is 0 Å². The number of nitrogens with two attached hydrogens (primary N) is 1. The molecule has 0 aliphatic carbocycles. The zero-order chi connectivity index (χ0) is 8.10. The second kappa shape index (κ2) is 4.73. The van der Waals surface area contributed by atoms with E-state index in [1.54, 1.807) is 0 Å². The van der Waals surface area contributed by atoms with Crippen LogP contribution in [0.3, 0.4) is 0 Å². The lowest BCUT2D eigenvalue weighted by Gasteiger charge is -2.12. The van der Waals surface area contributed by atoms with Crippen LogP contribution in [0.25, 0.3) is 0 Å². The van der Waals surface area contributed by atoms with Gasteiger partial charge in [-0.05, 0) is 18.9 Å². The average molecular weight is 156 g/mol. The van der Waals surface area contributed by atoms with Crippen molar-refractivity contribution in [3.63, 3.8) is 0 Å². The molecule has 0 saturated carbocycles. The van der Waals surface area contributed by atoms with Crippen molar-refractivity contribution in [3.05, 3.63) is 0 Å². The molecule has 0 radical (unpaired) electrons. The molecular formula is C9H20N2. The van der Waals surface area contributed by atoms with Gasteiger partial charge in [0.15, 0.2) is 0 Å². The fourth-order valence-electron chi connectivity index (χ4n) is 1.73. The second-order valence-electron chi connectivity index (χ2n) is 3.58. The standard InChI is InChI=1S/C9H20N2/c1-2-3-4-5-8-6-11-7-9(8)10/h8-9,11H,2-7,10H2,1H3. The number of unbranched alkanes of at least 4 members (excludes halogenated alkanes) is 2. The summed E-state index contributed by atoms with van der Waals surface area (Å²) in [5.74, 6) is 0.751. The first-order valence-electron chi connectivity index (χ1n) is 4.81. The lowest BCUT2D eigenvalue weighted by molar-refractivity contribution is 0.451. The fraction of sp³-hybridized carbons (Fsp3) is 1.00. The summed E-state index contributed by atoms with van der Waals surface area (Å²) in [5.41, 5.74) is 5.90. The molecule has 1 rings (SSSR count). The first kappa shape index (κ1) is 9.01. The number of hydrogen-bond acceptors (Lipinski definition) is 2. The lowest BCUT2D eigenvalue weighted by Crippen LogP contribution is -2.28. The minimum absolute atomic E-state index is 0.423. The van der Waals surface area contributed by atoms with E-state index in [2.05, 4.69) is 12.2 Å². The summed E-state index contributed by atoms with van der Waals surface area (Å²) in [6, 6.07) is 0.423. The molecule has 0 bridgehead atoms. The van der Waals surface area contributed by atoms with Gasteiger partial charge in [-0.15, -0.1) is 0 Å². The SMILES string of the molecule is CCCCCC1CNCC1N. The predicted molar refractivity (Wildman–Crippen MR) is 48.5 cm³/mol. The molecule has 66 valence electrons. The third kappa shape index (κ3) is 2.80. The third-order valence-corrected chi connectivity index (χ3v) is 2.57. The van der Waals surface area contributed by atoms with E-state index in [-0.39, 0.29) is 0 Å². The second-order valence-corrected chi connectivity index (χ2v) is 3.58. The van der Waals surface area contributed by atoms with Crippen LogP contribution in [-0.2, 0) is 0 Å². The van der Waals surface area contributed by atoms with Crippen LogP contribution < -0.4 is 11.1 Å². The molecule has 1 aliphatic heterocycles. The maximum atomic E-state index is 5.90. The van der Waals surface area contributed by atoms with Crippen molar-refractivity contribution in [3.8, 4) is 0 Å². The van der Waals surface area contributed by atoms with Gasteiger partial charge in [-0.2, -0.15) is 0 Å². The normalized spacial score (nSPS) is 31.1. The minimum atomic E-state index is 0.423. The Kier molecular flexibility index (Phi) is 3.87. The highest BCUT2D eigenvalue weighted by molar-refractivity contribution is 4.83. The molecule has 2 atom stereocenters. The predicted octanol–water partition coefficient (Wildman–Crippen LogP) is 1.11. The van der Waals surface area contributed by atoms with Gasteiger partial charge in [0.25, 0.3) is 0 Å². The topological polar surface area (TPSA) is 38.0 Å². The smallest absolute Gasteiger partial charge is 0.0206 e. The Morgan fingerprint density at radius 3 is 2.73 bits per heavy atom. The van der Waals surface area contributed by atoms with E-state index in [0.29, 0.717) is 6.04 Å². The van der Waals surface area contributed by atoms with E-state index in [4.69, 9.17) is 5.73 Å². The van der Waals surface area contributed by atoms with Gasteiger partial charge in [-0.25, -0.2) is 0 Å². The Morgan fingerprint density at radius 1 is 1.36 bits per heavy atom. The molecule has 1 heterocycles. The van der Waals surface area contributed by atoms with Gasteiger partial charge in [0.05, 0.1) is 0 Å².